The van der Waals surface area contributed by atoms with Gasteiger partial charge in [-0.1, -0.05) is 13.0 Å². The molecular formula is C16H25N3O2. The van der Waals surface area contributed by atoms with Gasteiger partial charge in [-0.2, -0.15) is 0 Å². The number of nitrogens with two attached hydrogens (primary N) is 1. The maximum Gasteiger partial charge on any atom is 0.253 e. The minimum Gasteiger partial charge on any atom is -0.495 e. The van der Waals surface area contributed by atoms with E-state index in [0.717, 1.165) is 32.5 Å². The summed E-state index contributed by atoms with van der Waals surface area (Å²) >= 11 is 0. The first-order chi connectivity index (χ1) is 10.2. The van der Waals surface area contributed by atoms with Crippen LogP contribution in [-0.2, 0) is 0 Å². The molecular weight excluding hydrogens is 266 g/mol. The molecule has 0 saturated carbocycles. The van der Waals surface area contributed by atoms with Gasteiger partial charge in [0.1, 0.15) is 5.75 Å². The average Bonchev–Trinajstić information content (AvgIpc) is 2.53. The minimum atomic E-state index is -0.121. The quantitative estimate of drug-likeness (QED) is 0.811. The Labute approximate surface area is 126 Å². The van der Waals surface area contributed by atoms with Gasteiger partial charge in [0.05, 0.1) is 18.4 Å². The maximum atomic E-state index is 12.2. The van der Waals surface area contributed by atoms with Crippen LogP contribution in [0.3, 0.4) is 0 Å². The number of methoxy groups -OCH3 is 1. The Morgan fingerprint density at radius 1 is 1.43 bits per heavy atom. The van der Waals surface area contributed by atoms with Crippen molar-refractivity contribution < 1.29 is 9.53 Å². The lowest BCUT2D eigenvalue weighted by atomic mass is 9.96. The van der Waals surface area contributed by atoms with E-state index in [4.69, 9.17) is 10.5 Å². The summed E-state index contributed by atoms with van der Waals surface area (Å²) in [7, 11) is 1.55. The number of nitrogens with zero attached hydrogens (tertiary/aromatic N) is 1. The normalized spacial score (nSPS) is 16.7. The summed E-state index contributed by atoms with van der Waals surface area (Å²) in [6, 6.07) is 5.27. The topological polar surface area (TPSA) is 67.6 Å². The van der Waals surface area contributed by atoms with E-state index in [9.17, 15) is 4.79 Å². The number of para-hydroxylation sites is 1. The molecule has 0 spiro atoms. The zero-order valence-electron chi connectivity index (χ0n) is 12.9. The van der Waals surface area contributed by atoms with E-state index in [0.29, 0.717) is 29.5 Å². The molecule has 1 amide bonds. The number of anilines is 1. The van der Waals surface area contributed by atoms with Crippen molar-refractivity contribution in [3.8, 4) is 5.75 Å². The van der Waals surface area contributed by atoms with Crippen LogP contribution in [0, 0.1) is 5.92 Å². The summed E-state index contributed by atoms with van der Waals surface area (Å²) in [4.78, 5) is 14.7. The molecule has 0 aliphatic carbocycles. The first-order valence-electron chi connectivity index (χ1n) is 7.58. The number of hydrogen-bond acceptors (Lipinski definition) is 4. The molecule has 2 rings (SSSR count). The SMILES string of the molecule is CCN1CCC(CNC(=O)c2cccc(OC)c2N)CC1. The number of rotatable bonds is 5. The van der Waals surface area contributed by atoms with E-state index in [-0.39, 0.29) is 5.91 Å². The molecule has 0 bridgehead atoms. The minimum absolute atomic E-state index is 0.121. The van der Waals surface area contributed by atoms with E-state index in [1.54, 1.807) is 25.3 Å². The standard InChI is InChI=1S/C16H25N3O2/c1-3-19-9-7-12(8-10-19)11-18-16(20)13-5-4-6-14(21-2)15(13)17/h4-6,12H,3,7-11,17H2,1-2H3,(H,18,20). The third-order valence-corrected chi connectivity index (χ3v) is 4.24. The zero-order valence-corrected chi connectivity index (χ0v) is 12.9. The van der Waals surface area contributed by atoms with Crippen molar-refractivity contribution in [2.75, 3.05) is 39.0 Å². The lowest BCUT2D eigenvalue weighted by Crippen LogP contribution is -2.38. The molecule has 3 N–H and O–H groups in total. The van der Waals surface area contributed by atoms with Crippen molar-refractivity contribution in [3.63, 3.8) is 0 Å². The van der Waals surface area contributed by atoms with Crippen molar-refractivity contribution in [1.82, 2.24) is 10.2 Å². The lowest BCUT2D eigenvalue weighted by molar-refractivity contribution is 0.0937. The fraction of sp³-hybridized carbons (Fsp3) is 0.562. The summed E-state index contributed by atoms with van der Waals surface area (Å²) in [5.41, 5.74) is 6.83. The van der Waals surface area contributed by atoms with Gasteiger partial charge in [0.25, 0.3) is 5.91 Å². The van der Waals surface area contributed by atoms with Gasteiger partial charge in [0.15, 0.2) is 0 Å². The monoisotopic (exact) mass is 291 g/mol. The van der Waals surface area contributed by atoms with E-state index in [1.165, 1.54) is 0 Å². The number of likely N-dealkylation sites (tertiary alicyclic amines) is 1. The summed E-state index contributed by atoms with van der Waals surface area (Å²) in [6.07, 6.45) is 2.28. The van der Waals surface area contributed by atoms with E-state index in [2.05, 4.69) is 17.1 Å². The van der Waals surface area contributed by atoms with E-state index < -0.39 is 0 Å². The number of carbonyl (C=O) groups excluding carboxylic acids is 1. The predicted octanol–water partition coefficient (Wildman–Crippen LogP) is 1.74. The smallest absolute Gasteiger partial charge is 0.253 e. The van der Waals surface area contributed by atoms with Gasteiger partial charge >= 0.3 is 0 Å². The first-order valence-corrected chi connectivity index (χ1v) is 7.58. The Morgan fingerprint density at radius 3 is 2.76 bits per heavy atom. The summed E-state index contributed by atoms with van der Waals surface area (Å²) < 4.78 is 5.14. The lowest BCUT2D eigenvalue weighted by Gasteiger charge is -2.31. The molecule has 5 heteroatoms. The van der Waals surface area contributed by atoms with Crippen LogP contribution in [0.1, 0.15) is 30.1 Å². The van der Waals surface area contributed by atoms with Crippen molar-refractivity contribution >= 4 is 11.6 Å². The fourth-order valence-corrected chi connectivity index (χ4v) is 2.76. The summed E-state index contributed by atoms with van der Waals surface area (Å²) in [5.74, 6) is 0.979. The molecule has 0 radical (unpaired) electrons. The third-order valence-electron chi connectivity index (χ3n) is 4.24. The van der Waals surface area contributed by atoms with Crippen LogP contribution in [0.4, 0.5) is 5.69 Å². The van der Waals surface area contributed by atoms with Crippen LogP contribution >= 0.6 is 0 Å². The molecule has 1 aliphatic rings. The highest BCUT2D eigenvalue weighted by Crippen LogP contribution is 2.24. The van der Waals surface area contributed by atoms with Crippen molar-refractivity contribution in [3.05, 3.63) is 23.8 Å². The highest BCUT2D eigenvalue weighted by molar-refractivity contribution is 6.00. The van der Waals surface area contributed by atoms with E-state index >= 15 is 0 Å². The second kappa shape index (κ2) is 7.31. The molecule has 116 valence electrons. The molecule has 0 atom stereocenters. The maximum absolute atomic E-state index is 12.2. The number of nitrogens with one attached hydrogen (secondary N) is 1. The van der Waals surface area contributed by atoms with Crippen molar-refractivity contribution in [1.29, 1.82) is 0 Å². The van der Waals surface area contributed by atoms with Gasteiger partial charge in [-0.05, 0) is 50.5 Å². The zero-order chi connectivity index (χ0) is 15.2. The van der Waals surface area contributed by atoms with Gasteiger partial charge in [0, 0.05) is 6.54 Å². The number of hydrogen-bond donors (Lipinski definition) is 2. The van der Waals surface area contributed by atoms with E-state index in [1.807, 2.05) is 0 Å². The Bertz CT molecular complexity index is 482. The Kier molecular flexibility index (Phi) is 5.44. The van der Waals surface area contributed by atoms with Gasteiger partial charge in [-0.15, -0.1) is 0 Å². The van der Waals surface area contributed by atoms with Crippen LogP contribution in [0.25, 0.3) is 0 Å². The van der Waals surface area contributed by atoms with Crippen LogP contribution in [0.15, 0.2) is 18.2 Å². The molecule has 0 aromatic heterocycles. The second-order valence-corrected chi connectivity index (χ2v) is 5.51. The third kappa shape index (κ3) is 3.88. The summed E-state index contributed by atoms with van der Waals surface area (Å²) in [5, 5.41) is 3.00. The van der Waals surface area contributed by atoms with Gasteiger partial charge in [-0.3, -0.25) is 4.79 Å². The van der Waals surface area contributed by atoms with Crippen LogP contribution in [0.2, 0.25) is 0 Å². The number of nitrogen functional groups attached to an aromatic ring is 1. The average molecular weight is 291 g/mol. The Hall–Kier alpha value is -1.75. The van der Waals surface area contributed by atoms with Gasteiger partial charge in [0.2, 0.25) is 0 Å². The predicted molar refractivity (Wildman–Crippen MR) is 84.6 cm³/mol. The Balaban J connectivity index is 1.88. The van der Waals surface area contributed by atoms with Gasteiger partial charge in [-0.25, -0.2) is 0 Å². The first kappa shape index (κ1) is 15.6. The number of ether oxygens (including phenoxy) is 1. The van der Waals surface area contributed by atoms with Crippen molar-refractivity contribution in [2.24, 2.45) is 5.92 Å². The number of amides is 1. The molecule has 1 fully saturated rings. The summed E-state index contributed by atoms with van der Waals surface area (Å²) in [6.45, 7) is 6.26. The molecule has 1 heterocycles. The van der Waals surface area contributed by atoms with Crippen molar-refractivity contribution in [2.45, 2.75) is 19.8 Å². The Morgan fingerprint density at radius 2 is 2.14 bits per heavy atom. The molecule has 0 unspecified atom stereocenters. The molecule has 1 aromatic carbocycles. The molecule has 21 heavy (non-hydrogen) atoms. The van der Waals surface area contributed by atoms with Crippen LogP contribution in [-0.4, -0.2) is 44.1 Å². The fourth-order valence-electron chi connectivity index (χ4n) is 2.76. The molecule has 1 aromatic rings. The highest BCUT2D eigenvalue weighted by Gasteiger charge is 2.19. The second-order valence-electron chi connectivity index (χ2n) is 5.51. The van der Waals surface area contributed by atoms with Gasteiger partial charge < -0.3 is 20.7 Å². The largest absolute Gasteiger partial charge is 0.495 e. The number of piperidine rings is 1. The number of carbonyl (C=O) groups is 1. The van der Waals surface area contributed by atoms with Crippen LogP contribution < -0.4 is 15.8 Å². The molecule has 1 saturated heterocycles. The molecule has 5 nitrogen and oxygen atoms in total. The van der Waals surface area contributed by atoms with Crippen LogP contribution in [0.5, 0.6) is 5.75 Å². The highest BCUT2D eigenvalue weighted by atomic mass is 16.5. The number of benzene rings is 1. The molecule has 1 aliphatic heterocycles.